The Labute approximate surface area is 123 Å². The Morgan fingerprint density at radius 3 is 2.79 bits per heavy atom. The largest absolute Gasteiger partial charge is 0.397 e. The third kappa shape index (κ3) is 6.71. The van der Waals surface area contributed by atoms with Crippen molar-refractivity contribution >= 4 is 40.6 Å². The van der Waals surface area contributed by atoms with E-state index < -0.39 is 0 Å². The topological polar surface area (TPSA) is 58.4 Å². The molecule has 0 aliphatic carbocycles. The highest BCUT2D eigenvalue weighted by atomic mass is 35.5. The molecule has 0 aliphatic rings. The summed E-state index contributed by atoms with van der Waals surface area (Å²) >= 11 is 7.57. The van der Waals surface area contributed by atoms with Gasteiger partial charge in [0.25, 0.3) is 0 Å². The zero-order valence-electron chi connectivity index (χ0n) is 11.3. The maximum absolute atomic E-state index is 11.7. The molecule has 0 unspecified atom stereocenters. The van der Waals surface area contributed by atoms with Crippen LogP contribution < -0.4 is 11.1 Å². The Balaban J connectivity index is 2.27. The molecule has 19 heavy (non-hydrogen) atoms. The summed E-state index contributed by atoms with van der Waals surface area (Å²) in [6.45, 7) is 1.02. The van der Waals surface area contributed by atoms with Crippen LogP contribution in [0.5, 0.6) is 0 Å². The van der Waals surface area contributed by atoms with E-state index in [4.69, 9.17) is 17.3 Å². The Morgan fingerprint density at radius 2 is 2.16 bits per heavy atom. The maximum Gasteiger partial charge on any atom is 0.225 e. The Kier molecular flexibility index (Phi) is 7.05. The first-order chi connectivity index (χ1) is 8.99. The average Bonchev–Trinajstić information content (AvgIpc) is 2.32. The number of thioether (sulfide) groups is 1. The van der Waals surface area contributed by atoms with E-state index in [0.29, 0.717) is 22.8 Å². The van der Waals surface area contributed by atoms with Gasteiger partial charge in [0.05, 0.1) is 11.4 Å². The summed E-state index contributed by atoms with van der Waals surface area (Å²) in [6, 6.07) is 5.05. The van der Waals surface area contributed by atoms with Crippen molar-refractivity contribution in [1.82, 2.24) is 4.90 Å². The molecule has 0 aliphatic heterocycles. The molecule has 6 heteroatoms. The molecule has 0 saturated heterocycles. The fourth-order valence-electron chi connectivity index (χ4n) is 1.37. The van der Waals surface area contributed by atoms with Crippen molar-refractivity contribution in [2.24, 2.45) is 0 Å². The van der Waals surface area contributed by atoms with E-state index in [-0.39, 0.29) is 5.91 Å². The fraction of sp³-hybridized carbons (Fsp3) is 0.462. The van der Waals surface area contributed by atoms with Crippen molar-refractivity contribution in [3.8, 4) is 0 Å². The summed E-state index contributed by atoms with van der Waals surface area (Å²) in [6.07, 6.45) is 0.486. The van der Waals surface area contributed by atoms with Crippen LogP contribution in [-0.2, 0) is 4.79 Å². The highest BCUT2D eigenvalue weighted by molar-refractivity contribution is 7.99. The molecule has 1 rings (SSSR count). The van der Waals surface area contributed by atoms with Crippen LogP contribution in [0.15, 0.2) is 18.2 Å². The lowest BCUT2D eigenvalue weighted by Crippen LogP contribution is -2.16. The lowest BCUT2D eigenvalue weighted by molar-refractivity contribution is -0.115. The quantitative estimate of drug-likeness (QED) is 0.600. The summed E-state index contributed by atoms with van der Waals surface area (Å²) in [5, 5.41) is 3.36. The van der Waals surface area contributed by atoms with Crippen molar-refractivity contribution in [1.29, 1.82) is 0 Å². The molecule has 0 fully saturated rings. The molecule has 0 spiro atoms. The summed E-state index contributed by atoms with van der Waals surface area (Å²) in [5.41, 5.74) is 6.87. The number of halogens is 1. The number of carbonyl (C=O) groups is 1. The van der Waals surface area contributed by atoms with Crippen molar-refractivity contribution in [2.45, 2.75) is 6.42 Å². The molecule has 4 nitrogen and oxygen atoms in total. The van der Waals surface area contributed by atoms with Gasteiger partial charge in [-0.1, -0.05) is 11.6 Å². The SMILES string of the molecule is CN(C)CCSCCC(=O)Nc1ccc(Cl)cc1N. The predicted octanol–water partition coefficient (Wildman–Crippen LogP) is 2.55. The van der Waals surface area contributed by atoms with Crippen molar-refractivity contribution in [3.05, 3.63) is 23.2 Å². The van der Waals surface area contributed by atoms with Gasteiger partial charge in [-0.25, -0.2) is 0 Å². The minimum absolute atomic E-state index is 0.0219. The number of hydrogen-bond donors (Lipinski definition) is 2. The molecule has 106 valence electrons. The zero-order valence-corrected chi connectivity index (χ0v) is 12.9. The van der Waals surface area contributed by atoms with Crippen LogP contribution in [0.25, 0.3) is 0 Å². The van der Waals surface area contributed by atoms with Gasteiger partial charge < -0.3 is 16.0 Å². The molecule has 0 atom stereocenters. The van der Waals surface area contributed by atoms with Crippen LogP contribution in [0.2, 0.25) is 5.02 Å². The third-order valence-corrected chi connectivity index (χ3v) is 3.64. The zero-order chi connectivity index (χ0) is 14.3. The number of amides is 1. The van der Waals surface area contributed by atoms with Crippen molar-refractivity contribution in [3.63, 3.8) is 0 Å². The lowest BCUT2D eigenvalue weighted by atomic mass is 10.2. The van der Waals surface area contributed by atoms with E-state index in [9.17, 15) is 4.79 Å². The van der Waals surface area contributed by atoms with E-state index in [1.54, 1.807) is 30.0 Å². The van der Waals surface area contributed by atoms with Gasteiger partial charge in [0.15, 0.2) is 0 Å². The summed E-state index contributed by atoms with van der Waals surface area (Å²) < 4.78 is 0. The van der Waals surface area contributed by atoms with Gasteiger partial charge in [-0.15, -0.1) is 0 Å². The van der Waals surface area contributed by atoms with E-state index in [1.165, 1.54) is 0 Å². The summed E-state index contributed by atoms with van der Waals surface area (Å²) in [4.78, 5) is 13.8. The minimum Gasteiger partial charge on any atom is -0.397 e. The van der Waals surface area contributed by atoms with Crippen LogP contribution in [-0.4, -0.2) is 43.0 Å². The van der Waals surface area contributed by atoms with E-state index in [1.807, 2.05) is 14.1 Å². The number of rotatable bonds is 7. The molecule has 0 aromatic heterocycles. The molecule has 0 radical (unpaired) electrons. The smallest absolute Gasteiger partial charge is 0.225 e. The van der Waals surface area contributed by atoms with Crippen LogP contribution in [0.3, 0.4) is 0 Å². The lowest BCUT2D eigenvalue weighted by Gasteiger charge is -2.10. The summed E-state index contributed by atoms with van der Waals surface area (Å²) in [7, 11) is 4.08. The van der Waals surface area contributed by atoms with E-state index in [2.05, 4.69) is 10.2 Å². The average molecular weight is 302 g/mol. The van der Waals surface area contributed by atoms with Crippen LogP contribution >= 0.6 is 23.4 Å². The predicted molar refractivity (Wildman–Crippen MR) is 85.0 cm³/mol. The highest BCUT2D eigenvalue weighted by Gasteiger charge is 2.05. The fourth-order valence-corrected chi connectivity index (χ4v) is 2.58. The number of anilines is 2. The monoisotopic (exact) mass is 301 g/mol. The first-order valence-electron chi connectivity index (χ1n) is 6.06. The number of nitrogens with one attached hydrogen (secondary N) is 1. The van der Waals surface area contributed by atoms with E-state index >= 15 is 0 Å². The van der Waals surface area contributed by atoms with Crippen molar-refractivity contribution < 1.29 is 4.79 Å². The van der Waals surface area contributed by atoms with Gasteiger partial charge in [-0.05, 0) is 32.3 Å². The number of nitrogen functional groups attached to an aromatic ring is 1. The number of carbonyl (C=O) groups excluding carboxylic acids is 1. The van der Waals surface area contributed by atoms with Gasteiger partial charge in [0.1, 0.15) is 0 Å². The molecule has 3 N–H and O–H groups in total. The molecule has 1 amide bonds. The number of nitrogens with two attached hydrogens (primary N) is 1. The molecule has 0 heterocycles. The van der Waals surface area contributed by atoms with Crippen LogP contribution in [0.4, 0.5) is 11.4 Å². The Morgan fingerprint density at radius 1 is 1.42 bits per heavy atom. The van der Waals surface area contributed by atoms with Crippen molar-refractivity contribution in [2.75, 3.05) is 43.2 Å². The third-order valence-electron chi connectivity index (χ3n) is 2.44. The van der Waals surface area contributed by atoms with Gasteiger partial charge in [0, 0.05) is 29.5 Å². The second-order valence-electron chi connectivity index (χ2n) is 4.45. The maximum atomic E-state index is 11.7. The van der Waals surface area contributed by atoms with Gasteiger partial charge in [-0.3, -0.25) is 4.79 Å². The minimum atomic E-state index is -0.0219. The van der Waals surface area contributed by atoms with Gasteiger partial charge in [0.2, 0.25) is 5.91 Å². The standard InChI is InChI=1S/C13H20ClN3OS/c1-17(2)6-8-19-7-5-13(18)16-12-4-3-10(14)9-11(12)15/h3-4,9H,5-8,15H2,1-2H3,(H,16,18). The van der Waals surface area contributed by atoms with Gasteiger partial charge >= 0.3 is 0 Å². The Bertz CT molecular complexity index is 426. The molecule has 1 aromatic carbocycles. The second-order valence-corrected chi connectivity index (χ2v) is 6.11. The molecular weight excluding hydrogens is 282 g/mol. The first kappa shape index (κ1) is 16.1. The highest BCUT2D eigenvalue weighted by Crippen LogP contribution is 2.22. The van der Waals surface area contributed by atoms with E-state index in [0.717, 1.165) is 18.1 Å². The molecular formula is C13H20ClN3OS. The van der Waals surface area contributed by atoms with Crippen LogP contribution in [0.1, 0.15) is 6.42 Å². The van der Waals surface area contributed by atoms with Crippen LogP contribution in [0, 0.1) is 0 Å². The van der Waals surface area contributed by atoms with Gasteiger partial charge in [-0.2, -0.15) is 11.8 Å². The molecule has 1 aromatic rings. The number of nitrogens with zero attached hydrogens (tertiary/aromatic N) is 1. The first-order valence-corrected chi connectivity index (χ1v) is 7.59. The molecule has 0 saturated carbocycles. The second kappa shape index (κ2) is 8.30. The normalized spacial score (nSPS) is 10.7. The Hall–Kier alpha value is -0.910. The summed E-state index contributed by atoms with van der Waals surface area (Å²) in [5.74, 6) is 1.82. The number of hydrogen-bond acceptors (Lipinski definition) is 4. The molecule has 0 bridgehead atoms. The number of benzene rings is 1.